The van der Waals surface area contributed by atoms with Crippen molar-refractivity contribution in [3.63, 3.8) is 0 Å². The second kappa shape index (κ2) is 4.17. The summed E-state index contributed by atoms with van der Waals surface area (Å²) in [6.07, 6.45) is -3.85. The van der Waals surface area contributed by atoms with Crippen LogP contribution in [0.15, 0.2) is 5.38 Å². The van der Waals surface area contributed by atoms with E-state index in [0.29, 0.717) is 24.6 Å². The molecule has 94 valence electrons. The van der Waals surface area contributed by atoms with Crippen molar-refractivity contribution in [3.05, 3.63) is 11.1 Å². The molecule has 0 aliphatic carbocycles. The zero-order chi connectivity index (χ0) is 12.6. The zero-order valence-corrected chi connectivity index (χ0v) is 9.51. The van der Waals surface area contributed by atoms with Gasteiger partial charge in [0.15, 0.2) is 10.8 Å². The lowest BCUT2D eigenvalue weighted by atomic mass is 10.1. The number of halogens is 3. The fourth-order valence-corrected chi connectivity index (χ4v) is 2.58. The molecule has 2 rings (SSSR count). The molecule has 0 bridgehead atoms. The van der Waals surface area contributed by atoms with Crippen molar-refractivity contribution in [2.24, 2.45) is 11.7 Å². The highest BCUT2D eigenvalue weighted by atomic mass is 32.1. The highest BCUT2D eigenvalue weighted by molar-refractivity contribution is 7.13. The van der Waals surface area contributed by atoms with Gasteiger partial charge in [-0.25, -0.2) is 4.98 Å². The fourth-order valence-electron chi connectivity index (χ4n) is 1.71. The summed E-state index contributed by atoms with van der Waals surface area (Å²) in [6.45, 7) is 0.860. The molecule has 1 aliphatic rings. The highest BCUT2D eigenvalue weighted by Gasteiger charge is 2.35. The van der Waals surface area contributed by atoms with Crippen LogP contribution in [0.3, 0.4) is 0 Å². The smallest absolute Gasteiger partial charge is 0.369 e. The number of primary amides is 1. The first-order chi connectivity index (χ1) is 7.88. The molecule has 1 saturated heterocycles. The van der Waals surface area contributed by atoms with Crippen LogP contribution in [0.4, 0.5) is 18.3 Å². The van der Waals surface area contributed by atoms with Crippen molar-refractivity contribution >= 4 is 22.4 Å². The summed E-state index contributed by atoms with van der Waals surface area (Å²) in [5.74, 6) is -0.715. The number of anilines is 1. The number of aromatic nitrogens is 1. The van der Waals surface area contributed by atoms with Gasteiger partial charge in [0.25, 0.3) is 0 Å². The number of carbonyl (C=O) groups is 1. The van der Waals surface area contributed by atoms with Gasteiger partial charge in [-0.05, 0) is 6.42 Å². The molecule has 0 aromatic carbocycles. The molecule has 0 spiro atoms. The van der Waals surface area contributed by atoms with E-state index in [2.05, 4.69) is 4.98 Å². The van der Waals surface area contributed by atoms with E-state index in [-0.39, 0.29) is 5.92 Å². The summed E-state index contributed by atoms with van der Waals surface area (Å²) in [5, 5.41) is 1.27. The Morgan fingerprint density at radius 1 is 1.59 bits per heavy atom. The van der Waals surface area contributed by atoms with Gasteiger partial charge in [-0.15, -0.1) is 11.3 Å². The Morgan fingerprint density at radius 3 is 2.76 bits per heavy atom. The van der Waals surface area contributed by atoms with Crippen LogP contribution in [0.25, 0.3) is 0 Å². The molecule has 2 N–H and O–H groups in total. The third kappa shape index (κ3) is 2.51. The number of hydrogen-bond acceptors (Lipinski definition) is 4. The average Bonchev–Trinajstić information content (AvgIpc) is 2.85. The summed E-state index contributed by atoms with van der Waals surface area (Å²) in [7, 11) is 0. The molecule has 1 fully saturated rings. The van der Waals surface area contributed by atoms with Gasteiger partial charge in [-0.2, -0.15) is 13.2 Å². The molecule has 2 heterocycles. The fraction of sp³-hybridized carbons (Fsp3) is 0.556. The maximum Gasteiger partial charge on any atom is 0.434 e. The molecule has 4 nitrogen and oxygen atoms in total. The summed E-state index contributed by atoms with van der Waals surface area (Å²) in [4.78, 5) is 16.1. The van der Waals surface area contributed by atoms with Gasteiger partial charge in [-0.1, -0.05) is 0 Å². The van der Waals surface area contributed by atoms with E-state index in [4.69, 9.17) is 5.73 Å². The monoisotopic (exact) mass is 265 g/mol. The van der Waals surface area contributed by atoms with E-state index in [9.17, 15) is 18.0 Å². The summed E-state index contributed by atoms with van der Waals surface area (Å²) >= 11 is 0.930. The quantitative estimate of drug-likeness (QED) is 0.881. The number of hydrogen-bond donors (Lipinski definition) is 1. The standard InChI is InChI=1S/C9H10F3N3OS/c10-9(11,12)6-4-17-8(14-6)15-2-1-5(3-15)7(13)16/h4-5H,1-3H2,(H2,13,16). The lowest BCUT2D eigenvalue weighted by Crippen LogP contribution is -2.27. The lowest BCUT2D eigenvalue weighted by molar-refractivity contribution is -0.140. The molecule has 1 aliphatic heterocycles. The van der Waals surface area contributed by atoms with Crippen molar-refractivity contribution in [1.82, 2.24) is 4.98 Å². The van der Waals surface area contributed by atoms with Crippen LogP contribution < -0.4 is 10.6 Å². The molecule has 1 unspecified atom stereocenters. The third-order valence-electron chi connectivity index (χ3n) is 2.64. The normalized spacial score (nSPS) is 20.9. The van der Waals surface area contributed by atoms with E-state index in [1.807, 2.05) is 0 Å². The largest absolute Gasteiger partial charge is 0.434 e. The predicted octanol–water partition coefficient (Wildman–Crippen LogP) is 1.47. The predicted molar refractivity (Wildman–Crippen MR) is 56.6 cm³/mol. The summed E-state index contributed by atoms with van der Waals surface area (Å²) in [6, 6.07) is 0. The Morgan fingerprint density at radius 2 is 2.29 bits per heavy atom. The molecular weight excluding hydrogens is 255 g/mol. The van der Waals surface area contributed by atoms with Crippen LogP contribution in [0, 0.1) is 5.92 Å². The minimum atomic E-state index is -4.42. The minimum Gasteiger partial charge on any atom is -0.369 e. The van der Waals surface area contributed by atoms with Crippen molar-refractivity contribution in [1.29, 1.82) is 0 Å². The molecule has 0 radical (unpaired) electrons. The Hall–Kier alpha value is -1.31. The van der Waals surface area contributed by atoms with Gasteiger partial charge in [0.05, 0.1) is 5.92 Å². The molecule has 17 heavy (non-hydrogen) atoms. The Bertz CT molecular complexity index is 431. The number of nitrogens with zero attached hydrogens (tertiary/aromatic N) is 2. The molecule has 0 saturated carbocycles. The lowest BCUT2D eigenvalue weighted by Gasteiger charge is -2.13. The van der Waals surface area contributed by atoms with Gasteiger partial charge in [-0.3, -0.25) is 4.79 Å². The Balaban J connectivity index is 2.10. The molecule has 1 amide bonds. The van der Waals surface area contributed by atoms with Crippen molar-refractivity contribution in [2.45, 2.75) is 12.6 Å². The third-order valence-corrected chi connectivity index (χ3v) is 3.55. The molecule has 1 aromatic rings. The Labute approximate surface area is 99.2 Å². The number of thiazole rings is 1. The van der Waals surface area contributed by atoms with Gasteiger partial charge < -0.3 is 10.6 Å². The van der Waals surface area contributed by atoms with Crippen LogP contribution >= 0.6 is 11.3 Å². The van der Waals surface area contributed by atoms with E-state index in [1.165, 1.54) is 0 Å². The van der Waals surface area contributed by atoms with E-state index in [0.717, 1.165) is 16.7 Å². The maximum atomic E-state index is 12.3. The van der Waals surface area contributed by atoms with Gasteiger partial charge in [0.1, 0.15) is 0 Å². The van der Waals surface area contributed by atoms with Crippen LogP contribution in [0.5, 0.6) is 0 Å². The SMILES string of the molecule is NC(=O)C1CCN(c2nc(C(F)(F)F)cs2)C1. The van der Waals surface area contributed by atoms with Crippen molar-refractivity contribution in [2.75, 3.05) is 18.0 Å². The summed E-state index contributed by atoms with van der Waals surface area (Å²) in [5.41, 5.74) is 4.26. The van der Waals surface area contributed by atoms with Crippen molar-refractivity contribution in [3.8, 4) is 0 Å². The second-order valence-corrected chi connectivity index (χ2v) is 4.68. The van der Waals surface area contributed by atoms with E-state index < -0.39 is 17.8 Å². The minimum absolute atomic E-state index is 0.293. The van der Waals surface area contributed by atoms with Crippen LogP contribution in [-0.4, -0.2) is 24.0 Å². The van der Waals surface area contributed by atoms with E-state index in [1.54, 1.807) is 4.90 Å². The van der Waals surface area contributed by atoms with E-state index >= 15 is 0 Å². The van der Waals surface area contributed by atoms with Gasteiger partial charge in [0.2, 0.25) is 5.91 Å². The highest BCUT2D eigenvalue weighted by Crippen LogP contribution is 2.34. The first kappa shape index (κ1) is 12.2. The van der Waals surface area contributed by atoms with Crippen LogP contribution in [-0.2, 0) is 11.0 Å². The first-order valence-electron chi connectivity index (χ1n) is 4.95. The number of rotatable bonds is 2. The van der Waals surface area contributed by atoms with Crippen LogP contribution in [0.1, 0.15) is 12.1 Å². The molecule has 1 aromatic heterocycles. The Kier molecular flexibility index (Phi) is 2.98. The topological polar surface area (TPSA) is 59.2 Å². The number of carbonyl (C=O) groups excluding carboxylic acids is 1. The van der Waals surface area contributed by atoms with Crippen LogP contribution in [0.2, 0.25) is 0 Å². The average molecular weight is 265 g/mol. The van der Waals surface area contributed by atoms with Gasteiger partial charge >= 0.3 is 6.18 Å². The molecular formula is C9H10F3N3OS. The number of amides is 1. The molecule has 8 heteroatoms. The molecule has 1 atom stereocenters. The zero-order valence-electron chi connectivity index (χ0n) is 8.70. The second-order valence-electron chi connectivity index (χ2n) is 3.85. The van der Waals surface area contributed by atoms with Gasteiger partial charge in [0, 0.05) is 18.5 Å². The number of alkyl halides is 3. The maximum absolute atomic E-state index is 12.3. The van der Waals surface area contributed by atoms with Crippen molar-refractivity contribution < 1.29 is 18.0 Å². The first-order valence-corrected chi connectivity index (χ1v) is 5.83. The summed E-state index contributed by atoms with van der Waals surface area (Å²) < 4.78 is 37.0. The number of nitrogens with two attached hydrogens (primary N) is 1.